The van der Waals surface area contributed by atoms with E-state index in [2.05, 4.69) is 19.9 Å². The highest BCUT2D eigenvalue weighted by molar-refractivity contribution is 6.61. The molecule has 5 aromatic rings. The Morgan fingerprint density at radius 3 is 1.73 bits per heavy atom. The highest BCUT2D eigenvalue weighted by Crippen LogP contribution is 2.14. The quantitative estimate of drug-likeness (QED) is 0.320. The first-order valence-corrected chi connectivity index (χ1v) is 8.12. The van der Waals surface area contributed by atoms with Crippen LogP contribution in [0.4, 0.5) is 0 Å². The van der Waals surface area contributed by atoms with Crippen molar-refractivity contribution in [3.8, 4) is 0 Å². The van der Waals surface area contributed by atoms with E-state index >= 15 is 0 Å². The maximum Gasteiger partial charge on any atom is 0.490 e. The Balaban J connectivity index is 0.000000131. The molecule has 0 saturated heterocycles. The van der Waals surface area contributed by atoms with E-state index in [9.17, 15) is 0 Å². The number of imidazole rings is 1. The fourth-order valence-electron chi connectivity index (χ4n) is 2.76. The SMILES string of the molecule is OB(O)c1cccc2[nH]cnc12.c1ccc2nc3ccccc3nc2c1. The summed E-state index contributed by atoms with van der Waals surface area (Å²) in [5.74, 6) is 0. The first-order chi connectivity index (χ1) is 12.7. The minimum Gasteiger partial charge on any atom is -0.423 e. The van der Waals surface area contributed by atoms with Gasteiger partial charge in [-0.05, 0) is 30.3 Å². The number of hydrogen-bond donors (Lipinski definition) is 3. The highest BCUT2D eigenvalue weighted by atomic mass is 16.4. The third kappa shape index (κ3) is 3.13. The fourth-order valence-corrected chi connectivity index (χ4v) is 2.76. The Kier molecular flexibility index (Phi) is 4.31. The number of nitrogens with one attached hydrogen (secondary N) is 1. The Hall–Kier alpha value is -3.29. The molecular weight excluding hydrogens is 327 g/mol. The minimum absolute atomic E-state index is 0.425. The van der Waals surface area contributed by atoms with Gasteiger partial charge in [-0.2, -0.15) is 0 Å². The third-order valence-electron chi connectivity index (χ3n) is 4.00. The molecule has 3 N–H and O–H groups in total. The first-order valence-electron chi connectivity index (χ1n) is 8.12. The first kappa shape index (κ1) is 16.2. The van der Waals surface area contributed by atoms with Crippen molar-refractivity contribution in [3.05, 3.63) is 73.1 Å². The summed E-state index contributed by atoms with van der Waals surface area (Å²) in [5, 5.41) is 17.9. The molecule has 26 heavy (non-hydrogen) atoms. The molecule has 0 bridgehead atoms. The summed E-state index contributed by atoms with van der Waals surface area (Å²) >= 11 is 0. The number of hydrogen-bond acceptors (Lipinski definition) is 5. The molecule has 126 valence electrons. The average Bonchev–Trinajstić information content (AvgIpc) is 3.15. The minimum atomic E-state index is -1.46. The number of fused-ring (bicyclic) bond motifs is 3. The highest BCUT2D eigenvalue weighted by Gasteiger charge is 2.15. The lowest BCUT2D eigenvalue weighted by Gasteiger charge is -1.98. The second kappa shape index (κ2) is 6.91. The van der Waals surface area contributed by atoms with Gasteiger partial charge in [-0.3, -0.25) is 0 Å². The molecule has 7 heteroatoms. The Labute approximate surface area is 149 Å². The summed E-state index contributed by atoms with van der Waals surface area (Å²) in [5.41, 5.74) is 5.64. The molecule has 0 amide bonds. The van der Waals surface area contributed by atoms with E-state index in [0.29, 0.717) is 11.0 Å². The Morgan fingerprint density at radius 1 is 0.692 bits per heavy atom. The molecule has 2 heterocycles. The van der Waals surface area contributed by atoms with Gasteiger partial charge in [0.15, 0.2) is 0 Å². The van der Waals surface area contributed by atoms with Gasteiger partial charge >= 0.3 is 7.12 Å². The van der Waals surface area contributed by atoms with Gasteiger partial charge in [0.25, 0.3) is 0 Å². The lowest BCUT2D eigenvalue weighted by molar-refractivity contribution is 0.426. The van der Waals surface area contributed by atoms with Crippen LogP contribution < -0.4 is 5.46 Å². The topological polar surface area (TPSA) is 94.9 Å². The molecule has 0 saturated carbocycles. The molecule has 0 aliphatic heterocycles. The predicted octanol–water partition coefficient (Wildman–Crippen LogP) is 2.03. The summed E-state index contributed by atoms with van der Waals surface area (Å²) in [6, 6.07) is 21.0. The van der Waals surface area contributed by atoms with Gasteiger partial charge in [0.1, 0.15) is 0 Å². The summed E-state index contributed by atoms with van der Waals surface area (Å²) in [6.07, 6.45) is 1.52. The lowest BCUT2D eigenvalue weighted by Crippen LogP contribution is -2.30. The number of rotatable bonds is 1. The van der Waals surface area contributed by atoms with Crippen LogP contribution in [0.1, 0.15) is 0 Å². The smallest absolute Gasteiger partial charge is 0.423 e. The van der Waals surface area contributed by atoms with Crippen LogP contribution in [0.2, 0.25) is 0 Å². The molecule has 3 aromatic carbocycles. The molecule has 0 aliphatic carbocycles. The normalized spacial score (nSPS) is 10.7. The van der Waals surface area contributed by atoms with E-state index in [1.807, 2.05) is 54.6 Å². The zero-order valence-corrected chi connectivity index (χ0v) is 13.7. The van der Waals surface area contributed by atoms with Gasteiger partial charge < -0.3 is 15.0 Å². The summed E-state index contributed by atoms with van der Waals surface area (Å²) in [6.45, 7) is 0. The largest absolute Gasteiger partial charge is 0.490 e. The molecule has 0 radical (unpaired) electrons. The summed E-state index contributed by atoms with van der Waals surface area (Å²) < 4.78 is 0. The molecule has 0 spiro atoms. The van der Waals surface area contributed by atoms with Crippen molar-refractivity contribution in [2.75, 3.05) is 0 Å². The molecule has 0 aliphatic rings. The number of H-pyrrole nitrogens is 1. The van der Waals surface area contributed by atoms with Crippen LogP contribution in [0.3, 0.4) is 0 Å². The Morgan fingerprint density at radius 2 is 1.23 bits per heavy atom. The van der Waals surface area contributed by atoms with Crippen LogP contribution in [0.15, 0.2) is 73.1 Å². The third-order valence-corrected chi connectivity index (χ3v) is 4.00. The van der Waals surface area contributed by atoms with Crippen molar-refractivity contribution in [1.29, 1.82) is 0 Å². The molecule has 0 atom stereocenters. The summed E-state index contributed by atoms with van der Waals surface area (Å²) in [7, 11) is -1.46. The van der Waals surface area contributed by atoms with Crippen LogP contribution in [0.5, 0.6) is 0 Å². The van der Waals surface area contributed by atoms with Gasteiger partial charge in [-0.25, -0.2) is 15.0 Å². The number of benzene rings is 3. The van der Waals surface area contributed by atoms with E-state index in [0.717, 1.165) is 27.6 Å². The zero-order chi connectivity index (χ0) is 17.9. The maximum atomic E-state index is 8.94. The van der Waals surface area contributed by atoms with Crippen molar-refractivity contribution in [2.45, 2.75) is 0 Å². The van der Waals surface area contributed by atoms with Crippen molar-refractivity contribution < 1.29 is 10.0 Å². The average molecular weight is 342 g/mol. The van der Waals surface area contributed by atoms with Gasteiger partial charge in [-0.1, -0.05) is 36.4 Å². The summed E-state index contributed by atoms with van der Waals surface area (Å²) in [4.78, 5) is 15.9. The number of aromatic nitrogens is 4. The van der Waals surface area contributed by atoms with E-state index < -0.39 is 7.12 Å². The fraction of sp³-hybridized carbons (Fsp3) is 0. The molecule has 2 aromatic heterocycles. The van der Waals surface area contributed by atoms with Crippen LogP contribution in [0, 0.1) is 0 Å². The van der Waals surface area contributed by atoms with Crippen LogP contribution in [-0.4, -0.2) is 37.1 Å². The van der Waals surface area contributed by atoms with Crippen molar-refractivity contribution in [3.63, 3.8) is 0 Å². The number of para-hydroxylation sites is 5. The van der Waals surface area contributed by atoms with Crippen LogP contribution in [0.25, 0.3) is 33.1 Å². The standard InChI is InChI=1S/C12H8N2.C7H7BN2O2/c1-2-6-10-9(5-1)13-11-7-3-4-8-12(11)14-10;11-8(12)5-2-1-3-6-7(5)10-4-9-6/h1-8H;1-4,11-12H,(H,9,10). The van der Waals surface area contributed by atoms with Crippen molar-refractivity contribution in [2.24, 2.45) is 0 Å². The van der Waals surface area contributed by atoms with Gasteiger partial charge in [-0.15, -0.1) is 0 Å². The monoisotopic (exact) mass is 342 g/mol. The van der Waals surface area contributed by atoms with Crippen molar-refractivity contribution >= 4 is 45.7 Å². The van der Waals surface area contributed by atoms with Gasteiger partial charge in [0.05, 0.1) is 39.4 Å². The van der Waals surface area contributed by atoms with E-state index in [-0.39, 0.29) is 0 Å². The molecule has 5 rings (SSSR count). The molecule has 0 fully saturated rings. The predicted molar refractivity (Wildman–Crippen MR) is 103 cm³/mol. The molecule has 0 unspecified atom stereocenters. The van der Waals surface area contributed by atoms with Crippen LogP contribution >= 0.6 is 0 Å². The second-order valence-corrected chi connectivity index (χ2v) is 5.72. The zero-order valence-electron chi connectivity index (χ0n) is 13.7. The molecule has 6 nitrogen and oxygen atoms in total. The molecular formula is C19H15BN4O2. The van der Waals surface area contributed by atoms with Gasteiger partial charge in [0.2, 0.25) is 0 Å². The second-order valence-electron chi connectivity index (χ2n) is 5.72. The maximum absolute atomic E-state index is 8.94. The van der Waals surface area contributed by atoms with Crippen molar-refractivity contribution in [1.82, 2.24) is 19.9 Å². The van der Waals surface area contributed by atoms with E-state index in [4.69, 9.17) is 10.0 Å². The Bertz CT molecular complexity index is 1080. The van der Waals surface area contributed by atoms with Gasteiger partial charge in [0, 0.05) is 5.46 Å². The number of aromatic amines is 1. The van der Waals surface area contributed by atoms with E-state index in [1.165, 1.54) is 6.33 Å². The number of nitrogens with zero attached hydrogens (tertiary/aromatic N) is 3. The lowest BCUT2D eigenvalue weighted by atomic mass is 9.79. The van der Waals surface area contributed by atoms with E-state index in [1.54, 1.807) is 12.1 Å². The van der Waals surface area contributed by atoms with Crippen LogP contribution in [-0.2, 0) is 0 Å².